The minimum atomic E-state index is -3.80. The molecule has 3 rings (SSSR count). The van der Waals surface area contributed by atoms with Crippen LogP contribution in [-0.2, 0) is 14.8 Å². The topological polar surface area (TPSA) is 111 Å². The number of amides is 1. The van der Waals surface area contributed by atoms with Crippen LogP contribution < -0.4 is 15.8 Å². The molecule has 144 valence electrons. The van der Waals surface area contributed by atoms with Crippen LogP contribution in [0.1, 0.15) is 10.4 Å². The molecule has 1 saturated heterocycles. The molecule has 0 saturated carbocycles. The van der Waals surface area contributed by atoms with Crippen LogP contribution in [0, 0.1) is 0 Å². The Morgan fingerprint density at radius 2 is 1.89 bits per heavy atom. The number of carbonyl (C=O) groups excluding carboxylic acids is 1. The van der Waals surface area contributed by atoms with Crippen molar-refractivity contribution in [2.24, 2.45) is 0 Å². The summed E-state index contributed by atoms with van der Waals surface area (Å²) >= 11 is 0. The van der Waals surface area contributed by atoms with E-state index in [0.717, 1.165) is 0 Å². The van der Waals surface area contributed by atoms with Crippen molar-refractivity contribution in [2.45, 2.75) is 4.90 Å². The monoisotopic (exact) mass is 391 g/mol. The van der Waals surface area contributed by atoms with E-state index in [1.807, 2.05) is 0 Å². The number of benzene rings is 2. The smallest absolute Gasteiger partial charge is 0.257 e. The Kier molecular flexibility index (Phi) is 5.64. The molecule has 1 aliphatic heterocycles. The number of carbonyl (C=O) groups is 1. The first kappa shape index (κ1) is 19.2. The second kappa shape index (κ2) is 7.95. The maximum absolute atomic E-state index is 13.0. The summed E-state index contributed by atoms with van der Waals surface area (Å²) in [5.41, 5.74) is 6.73. The van der Waals surface area contributed by atoms with Gasteiger partial charge in [-0.15, -0.1) is 0 Å². The zero-order valence-corrected chi connectivity index (χ0v) is 15.7. The Labute approximate surface area is 157 Å². The number of hydrogen-bond acceptors (Lipinski definition) is 6. The van der Waals surface area contributed by atoms with Crippen LogP contribution in [0.4, 0.5) is 11.4 Å². The van der Waals surface area contributed by atoms with Gasteiger partial charge in [0, 0.05) is 18.8 Å². The number of anilines is 2. The molecule has 0 atom stereocenters. The molecule has 2 aromatic carbocycles. The van der Waals surface area contributed by atoms with Gasteiger partial charge in [0.05, 0.1) is 36.5 Å². The standard InChI is InChI=1S/C18H21N3O5S/c1-25-16-7-6-13(12-15(16)19)20-18(22)14-4-2-3-5-17(14)27(23,24)21-8-10-26-11-9-21/h2-7,12H,8-11,19H2,1H3,(H,20,22). The van der Waals surface area contributed by atoms with Gasteiger partial charge in [-0.1, -0.05) is 12.1 Å². The normalized spacial score (nSPS) is 15.3. The van der Waals surface area contributed by atoms with Gasteiger partial charge in [0.15, 0.2) is 0 Å². The van der Waals surface area contributed by atoms with E-state index in [-0.39, 0.29) is 23.5 Å². The minimum absolute atomic E-state index is 0.0362. The van der Waals surface area contributed by atoms with E-state index in [2.05, 4.69) is 5.32 Å². The molecule has 27 heavy (non-hydrogen) atoms. The predicted molar refractivity (Wildman–Crippen MR) is 101 cm³/mol. The van der Waals surface area contributed by atoms with Gasteiger partial charge >= 0.3 is 0 Å². The minimum Gasteiger partial charge on any atom is -0.495 e. The second-order valence-electron chi connectivity index (χ2n) is 5.92. The average Bonchev–Trinajstić information content (AvgIpc) is 2.69. The van der Waals surface area contributed by atoms with Crippen molar-refractivity contribution >= 4 is 27.3 Å². The summed E-state index contributed by atoms with van der Waals surface area (Å²) < 4.78 is 37.5. The van der Waals surface area contributed by atoms with Gasteiger partial charge in [-0.05, 0) is 30.3 Å². The molecule has 0 radical (unpaired) electrons. The van der Waals surface area contributed by atoms with Crippen LogP contribution in [0.5, 0.6) is 5.75 Å². The van der Waals surface area contributed by atoms with Crippen LogP contribution in [-0.4, -0.2) is 52.0 Å². The second-order valence-corrected chi connectivity index (χ2v) is 7.83. The Balaban J connectivity index is 1.89. The lowest BCUT2D eigenvalue weighted by atomic mass is 10.2. The molecule has 0 unspecified atom stereocenters. The van der Waals surface area contributed by atoms with E-state index >= 15 is 0 Å². The zero-order valence-electron chi connectivity index (χ0n) is 14.8. The summed E-state index contributed by atoms with van der Waals surface area (Å²) in [5, 5.41) is 2.68. The molecule has 1 aliphatic rings. The predicted octanol–water partition coefficient (Wildman–Crippen LogP) is 1.55. The number of hydrogen-bond donors (Lipinski definition) is 2. The summed E-state index contributed by atoms with van der Waals surface area (Å²) in [4.78, 5) is 12.7. The fraction of sp³-hybridized carbons (Fsp3) is 0.278. The van der Waals surface area contributed by atoms with Gasteiger partial charge in [0.25, 0.3) is 5.91 Å². The number of sulfonamides is 1. The van der Waals surface area contributed by atoms with Gasteiger partial charge in [-0.25, -0.2) is 8.42 Å². The Bertz CT molecular complexity index is 940. The van der Waals surface area contributed by atoms with Gasteiger partial charge in [0.1, 0.15) is 5.75 Å². The lowest BCUT2D eigenvalue weighted by Gasteiger charge is -2.26. The average molecular weight is 391 g/mol. The highest BCUT2D eigenvalue weighted by Gasteiger charge is 2.30. The molecule has 8 nitrogen and oxygen atoms in total. The van der Waals surface area contributed by atoms with E-state index in [4.69, 9.17) is 15.2 Å². The van der Waals surface area contributed by atoms with Crippen molar-refractivity contribution in [1.82, 2.24) is 4.31 Å². The number of rotatable bonds is 5. The third kappa shape index (κ3) is 4.05. The van der Waals surface area contributed by atoms with E-state index in [1.165, 1.54) is 23.5 Å². The quantitative estimate of drug-likeness (QED) is 0.748. The molecule has 1 fully saturated rings. The molecule has 0 spiro atoms. The van der Waals surface area contributed by atoms with Crippen molar-refractivity contribution in [1.29, 1.82) is 0 Å². The first-order valence-corrected chi connectivity index (χ1v) is 9.79. The summed E-state index contributed by atoms with van der Waals surface area (Å²) in [6.07, 6.45) is 0. The van der Waals surface area contributed by atoms with Crippen LogP contribution in [0.3, 0.4) is 0 Å². The molecule has 2 aromatic rings. The molecule has 3 N–H and O–H groups in total. The highest BCUT2D eigenvalue weighted by molar-refractivity contribution is 7.89. The van der Waals surface area contributed by atoms with E-state index < -0.39 is 15.9 Å². The summed E-state index contributed by atoms with van der Waals surface area (Å²) in [5.74, 6) is -0.0460. The van der Waals surface area contributed by atoms with Crippen LogP contribution in [0.2, 0.25) is 0 Å². The molecular formula is C18H21N3O5S. The number of nitrogen functional groups attached to an aromatic ring is 1. The molecule has 0 aromatic heterocycles. The number of nitrogens with two attached hydrogens (primary N) is 1. The fourth-order valence-corrected chi connectivity index (χ4v) is 4.41. The molecule has 0 aliphatic carbocycles. The number of methoxy groups -OCH3 is 1. The lowest BCUT2D eigenvalue weighted by Crippen LogP contribution is -2.41. The van der Waals surface area contributed by atoms with Gasteiger partial charge < -0.3 is 20.5 Å². The molecule has 1 heterocycles. The molecule has 9 heteroatoms. The summed E-state index contributed by atoms with van der Waals surface area (Å²) in [7, 11) is -2.30. The van der Waals surface area contributed by atoms with E-state index in [0.29, 0.717) is 30.3 Å². The van der Waals surface area contributed by atoms with Crippen LogP contribution in [0.15, 0.2) is 47.4 Å². The highest BCUT2D eigenvalue weighted by atomic mass is 32.2. The van der Waals surface area contributed by atoms with E-state index in [1.54, 1.807) is 30.3 Å². The summed E-state index contributed by atoms with van der Waals surface area (Å²) in [6, 6.07) is 10.9. The van der Waals surface area contributed by atoms with Gasteiger partial charge in [-0.2, -0.15) is 4.31 Å². The maximum Gasteiger partial charge on any atom is 0.257 e. The summed E-state index contributed by atoms with van der Waals surface area (Å²) in [6.45, 7) is 1.18. The Morgan fingerprint density at radius 1 is 1.19 bits per heavy atom. The van der Waals surface area contributed by atoms with Gasteiger partial charge in [0.2, 0.25) is 10.0 Å². The largest absolute Gasteiger partial charge is 0.495 e. The number of ether oxygens (including phenoxy) is 2. The van der Waals surface area contributed by atoms with Gasteiger partial charge in [-0.3, -0.25) is 4.79 Å². The fourth-order valence-electron chi connectivity index (χ4n) is 2.82. The third-order valence-corrected chi connectivity index (χ3v) is 6.16. The molecule has 1 amide bonds. The third-order valence-electron chi connectivity index (χ3n) is 4.21. The Hall–Kier alpha value is -2.62. The lowest BCUT2D eigenvalue weighted by molar-refractivity contribution is 0.0730. The van der Waals surface area contributed by atoms with Crippen LogP contribution >= 0.6 is 0 Å². The van der Waals surface area contributed by atoms with Crippen molar-refractivity contribution in [3.05, 3.63) is 48.0 Å². The van der Waals surface area contributed by atoms with Crippen molar-refractivity contribution in [2.75, 3.05) is 44.5 Å². The SMILES string of the molecule is COc1ccc(NC(=O)c2ccccc2S(=O)(=O)N2CCOCC2)cc1N. The molecular weight excluding hydrogens is 370 g/mol. The first-order valence-electron chi connectivity index (χ1n) is 8.35. The van der Waals surface area contributed by atoms with E-state index in [9.17, 15) is 13.2 Å². The zero-order chi connectivity index (χ0) is 19.4. The van der Waals surface area contributed by atoms with Crippen molar-refractivity contribution in [3.8, 4) is 5.75 Å². The number of morpholine rings is 1. The highest BCUT2D eigenvalue weighted by Crippen LogP contribution is 2.26. The number of nitrogens with one attached hydrogen (secondary N) is 1. The van der Waals surface area contributed by atoms with Crippen molar-refractivity contribution < 1.29 is 22.7 Å². The van der Waals surface area contributed by atoms with Crippen molar-refractivity contribution in [3.63, 3.8) is 0 Å². The molecule has 0 bridgehead atoms. The maximum atomic E-state index is 13.0. The Morgan fingerprint density at radius 3 is 2.56 bits per heavy atom. The first-order chi connectivity index (χ1) is 12.9. The van der Waals surface area contributed by atoms with Crippen LogP contribution in [0.25, 0.3) is 0 Å². The number of nitrogens with zero attached hydrogens (tertiary/aromatic N) is 1.